The lowest BCUT2D eigenvalue weighted by Crippen LogP contribution is -2.03. The summed E-state index contributed by atoms with van der Waals surface area (Å²) in [6.07, 6.45) is 2.52. The number of hydrogen-bond acceptors (Lipinski definition) is 4. The van der Waals surface area contributed by atoms with E-state index in [1.54, 1.807) is 11.3 Å². The van der Waals surface area contributed by atoms with Crippen molar-refractivity contribution in [2.75, 3.05) is 6.54 Å². The van der Waals surface area contributed by atoms with E-state index in [-0.39, 0.29) is 5.75 Å². The monoisotopic (exact) mass is 388 g/mol. The lowest BCUT2D eigenvalue weighted by Gasteiger charge is -2.13. The van der Waals surface area contributed by atoms with Crippen molar-refractivity contribution in [1.82, 2.24) is 4.98 Å². The number of rotatable bonds is 3. The maximum absolute atomic E-state index is 10.6. The largest absolute Gasteiger partial charge is 0.507 e. The summed E-state index contributed by atoms with van der Waals surface area (Å²) in [6.45, 7) is 0.535. The molecule has 6 heteroatoms. The first-order chi connectivity index (χ1) is 12.1. The molecule has 0 aliphatic rings. The quantitative estimate of drug-likeness (QED) is 0.477. The van der Waals surface area contributed by atoms with Crippen LogP contribution in [0.3, 0.4) is 0 Å². The third-order valence-corrected chi connectivity index (χ3v) is 5.75. The van der Waals surface area contributed by atoms with E-state index in [0.717, 1.165) is 26.6 Å². The Morgan fingerprint density at radius 2 is 1.96 bits per heavy atom. The molecule has 0 saturated carbocycles. The average Bonchev–Trinajstić information content (AvgIpc) is 3.06. The van der Waals surface area contributed by atoms with Gasteiger partial charge in [-0.3, -0.25) is 4.98 Å². The fraction of sp³-hybridized carbons (Fsp3) is 0.105. The predicted molar refractivity (Wildman–Crippen MR) is 107 cm³/mol. The van der Waals surface area contributed by atoms with Crippen LogP contribution in [0.1, 0.15) is 5.56 Å². The molecule has 3 nitrogen and oxygen atoms in total. The number of fused-ring (bicyclic) bond motifs is 3. The fourth-order valence-corrected chi connectivity index (χ4v) is 4.40. The number of aromatic nitrogens is 1. The van der Waals surface area contributed by atoms with E-state index in [0.29, 0.717) is 34.1 Å². The van der Waals surface area contributed by atoms with Gasteiger partial charge in [-0.05, 0) is 41.6 Å². The zero-order chi connectivity index (χ0) is 17.6. The van der Waals surface area contributed by atoms with Crippen LogP contribution in [0.25, 0.3) is 32.1 Å². The van der Waals surface area contributed by atoms with E-state index in [1.807, 2.05) is 35.8 Å². The number of phenols is 1. The van der Waals surface area contributed by atoms with Gasteiger partial charge in [-0.2, -0.15) is 0 Å². The van der Waals surface area contributed by atoms with Crippen molar-refractivity contribution < 1.29 is 5.11 Å². The average molecular weight is 389 g/mol. The maximum Gasteiger partial charge on any atom is 0.125 e. The van der Waals surface area contributed by atoms with Gasteiger partial charge < -0.3 is 10.8 Å². The number of nitrogens with two attached hydrogens (primary N) is 1. The molecule has 2 heterocycles. The Labute approximate surface area is 158 Å². The van der Waals surface area contributed by atoms with E-state index in [1.165, 1.54) is 6.07 Å². The number of hydrogen-bond donors (Lipinski definition) is 2. The summed E-state index contributed by atoms with van der Waals surface area (Å²) in [6, 6.07) is 9.32. The van der Waals surface area contributed by atoms with E-state index in [4.69, 9.17) is 28.9 Å². The summed E-state index contributed by atoms with van der Waals surface area (Å²) in [5.74, 6) is 0.112. The molecule has 0 atom stereocenters. The van der Waals surface area contributed by atoms with Crippen LogP contribution >= 0.6 is 34.5 Å². The number of aromatic hydroxyl groups is 1. The Hall–Kier alpha value is -1.85. The molecule has 0 spiro atoms. The van der Waals surface area contributed by atoms with Crippen molar-refractivity contribution in [1.29, 1.82) is 0 Å². The van der Waals surface area contributed by atoms with Crippen LogP contribution in [0, 0.1) is 0 Å². The van der Waals surface area contributed by atoms with Crippen LogP contribution in [0.5, 0.6) is 5.75 Å². The summed E-state index contributed by atoms with van der Waals surface area (Å²) >= 11 is 14.3. The van der Waals surface area contributed by atoms with Crippen LogP contribution < -0.4 is 5.73 Å². The van der Waals surface area contributed by atoms with Crippen LogP contribution in [-0.2, 0) is 6.42 Å². The molecule has 126 valence electrons. The number of halogens is 2. The number of phenolic OH excluding ortho intramolecular Hbond substituents is 1. The molecule has 4 aromatic rings. The Balaban J connectivity index is 2.07. The minimum absolute atomic E-state index is 0.112. The Bertz CT molecular complexity index is 1110. The second-order valence-corrected chi connectivity index (χ2v) is 7.54. The molecule has 3 N–H and O–H groups in total. The molecule has 2 aromatic carbocycles. The van der Waals surface area contributed by atoms with Gasteiger partial charge in [0.2, 0.25) is 0 Å². The third-order valence-electron chi connectivity index (χ3n) is 4.26. The minimum Gasteiger partial charge on any atom is -0.507 e. The summed E-state index contributed by atoms with van der Waals surface area (Å²) in [4.78, 5) is 4.50. The van der Waals surface area contributed by atoms with Crippen molar-refractivity contribution in [3.05, 3.63) is 57.5 Å². The molecule has 0 fully saturated rings. The summed E-state index contributed by atoms with van der Waals surface area (Å²) in [5.41, 5.74) is 8.80. The molecule has 0 aliphatic carbocycles. The number of pyridine rings is 1. The van der Waals surface area contributed by atoms with E-state index in [9.17, 15) is 5.11 Å². The first-order valence-corrected chi connectivity index (χ1v) is 9.40. The molecule has 0 aliphatic heterocycles. The molecule has 0 radical (unpaired) electrons. The molecule has 0 bridgehead atoms. The molecular formula is C19H14Cl2N2OS. The molecule has 0 amide bonds. The first-order valence-electron chi connectivity index (χ1n) is 7.76. The molecule has 25 heavy (non-hydrogen) atoms. The van der Waals surface area contributed by atoms with Gasteiger partial charge in [0, 0.05) is 33.6 Å². The van der Waals surface area contributed by atoms with Gasteiger partial charge in [0.05, 0.1) is 15.2 Å². The molecule has 0 unspecified atom stereocenters. The van der Waals surface area contributed by atoms with Crippen LogP contribution in [0.15, 0.2) is 41.9 Å². The first kappa shape index (κ1) is 16.6. The highest BCUT2D eigenvalue weighted by molar-refractivity contribution is 7.17. The number of nitrogens with zero attached hydrogens (tertiary/aromatic N) is 1. The van der Waals surface area contributed by atoms with Gasteiger partial charge in [0.15, 0.2) is 0 Å². The molecule has 2 aromatic heterocycles. The standard InChI is InChI=1S/C19H14Cl2N2OS/c20-13-7-11(2-1-10(13)3-5-22)17-15(24)8-14(21)19-18(17)12-4-6-25-16(12)9-23-19/h1-2,4,6-9,24H,3,5,22H2. The van der Waals surface area contributed by atoms with Crippen molar-refractivity contribution in [3.8, 4) is 16.9 Å². The van der Waals surface area contributed by atoms with Gasteiger partial charge in [0.1, 0.15) is 5.75 Å². The van der Waals surface area contributed by atoms with Gasteiger partial charge in [-0.1, -0.05) is 35.3 Å². The van der Waals surface area contributed by atoms with Crippen molar-refractivity contribution in [3.63, 3.8) is 0 Å². The van der Waals surface area contributed by atoms with E-state index in [2.05, 4.69) is 4.98 Å². The highest BCUT2D eigenvalue weighted by atomic mass is 35.5. The second kappa shape index (κ2) is 6.46. The van der Waals surface area contributed by atoms with Crippen LogP contribution in [0.2, 0.25) is 10.0 Å². The minimum atomic E-state index is 0.112. The van der Waals surface area contributed by atoms with Crippen molar-refractivity contribution in [2.45, 2.75) is 6.42 Å². The smallest absolute Gasteiger partial charge is 0.125 e. The van der Waals surface area contributed by atoms with E-state index >= 15 is 0 Å². The fourth-order valence-electron chi connectivity index (χ4n) is 3.12. The maximum atomic E-state index is 10.6. The van der Waals surface area contributed by atoms with E-state index < -0.39 is 0 Å². The third kappa shape index (κ3) is 2.75. The van der Waals surface area contributed by atoms with Crippen molar-refractivity contribution in [2.24, 2.45) is 5.73 Å². The SMILES string of the molecule is NCCc1ccc(-c2c(O)cc(Cl)c3ncc4sccc4c23)cc1Cl. The van der Waals surface area contributed by atoms with Gasteiger partial charge >= 0.3 is 0 Å². The number of benzene rings is 2. The highest BCUT2D eigenvalue weighted by Crippen LogP contribution is 2.44. The highest BCUT2D eigenvalue weighted by Gasteiger charge is 2.17. The predicted octanol–water partition coefficient (Wildman–Crippen LogP) is 5.63. The van der Waals surface area contributed by atoms with Crippen LogP contribution in [0.4, 0.5) is 0 Å². The Morgan fingerprint density at radius 3 is 2.72 bits per heavy atom. The van der Waals surface area contributed by atoms with Crippen molar-refractivity contribution >= 4 is 55.5 Å². The zero-order valence-electron chi connectivity index (χ0n) is 13.1. The zero-order valence-corrected chi connectivity index (χ0v) is 15.4. The summed E-state index contributed by atoms with van der Waals surface area (Å²) < 4.78 is 1.04. The summed E-state index contributed by atoms with van der Waals surface area (Å²) in [5, 5.41) is 15.6. The van der Waals surface area contributed by atoms with Gasteiger partial charge in [0.25, 0.3) is 0 Å². The van der Waals surface area contributed by atoms with Gasteiger partial charge in [-0.15, -0.1) is 11.3 Å². The lowest BCUT2D eigenvalue weighted by atomic mass is 9.96. The molecule has 4 rings (SSSR count). The Morgan fingerprint density at radius 1 is 1.12 bits per heavy atom. The summed E-state index contributed by atoms with van der Waals surface area (Å²) in [7, 11) is 0. The second-order valence-electron chi connectivity index (χ2n) is 5.78. The lowest BCUT2D eigenvalue weighted by molar-refractivity contribution is 0.478. The Kier molecular flexibility index (Phi) is 4.29. The topological polar surface area (TPSA) is 59.1 Å². The normalized spacial score (nSPS) is 11.5. The number of thiophene rings is 1. The van der Waals surface area contributed by atoms with Gasteiger partial charge in [-0.25, -0.2) is 0 Å². The molecular weight excluding hydrogens is 375 g/mol. The molecule has 0 saturated heterocycles. The van der Waals surface area contributed by atoms with Crippen LogP contribution in [-0.4, -0.2) is 16.6 Å².